The minimum absolute atomic E-state index is 0.132. The van der Waals surface area contributed by atoms with E-state index in [0.717, 1.165) is 11.3 Å². The van der Waals surface area contributed by atoms with E-state index < -0.39 is 0 Å². The van der Waals surface area contributed by atoms with E-state index in [1.165, 1.54) is 32.1 Å². The van der Waals surface area contributed by atoms with Gasteiger partial charge in [-0.05, 0) is 49.4 Å². The van der Waals surface area contributed by atoms with Crippen molar-refractivity contribution >= 4 is 23.2 Å². The first-order chi connectivity index (χ1) is 8.65. The fourth-order valence-electron chi connectivity index (χ4n) is 2.62. The highest BCUT2D eigenvalue weighted by Crippen LogP contribution is 2.27. The summed E-state index contributed by atoms with van der Waals surface area (Å²) in [4.78, 5) is 12.0. The van der Waals surface area contributed by atoms with Gasteiger partial charge >= 0.3 is 0 Å². The number of aryl methyl sites for hydroxylation is 1. The number of anilines is 1. The summed E-state index contributed by atoms with van der Waals surface area (Å²) in [6.07, 6.45) is 6.94. The normalized spacial score (nSPS) is 16.6. The van der Waals surface area contributed by atoms with Crippen LogP contribution in [0.25, 0.3) is 0 Å². The topological polar surface area (TPSA) is 29.1 Å². The van der Waals surface area contributed by atoms with Crippen LogP contribution in [0.2, 0.25) is 5.02 Å². The van der Waals surface area contributed by atoms with Crippen LogP contribution in [0.4, 0.5) is 5.69 Å². The summed E-state index contributed by atoms with van der Waals surface area (Å²) in [5, 5.41) is 3.69. The molecule has 0 saturated heterocycles. The molecule has 0 bridgehead atoms. The number of nitrogens with one attached hydrogen (secondary N) is 1. The zero-order chi connectivity index (χ0) is 13.0. The molecule has 2 nitrogen and oxygen atoms in total. The van der Waals surface area contributed by atoms with Crippen molar-refractivity contribution in [1.82, 2.24) is 0 Å². The van der Waals surface area contributed by atoms with Gasteiger partial charge in [0.15, 0.2) is 0 Å². The third-order valence-corrected chi connectivity index (χ3v) is 3.90. The van der Waals surface area contributed by atoms with Gasteiger partial charge in [-0.1, -0.05) is 30.9 Å². The quantitative estimate of drug-likeness (QED) is 0.853. The smallest absolute Gasteiger partial charge is 0.224 e. The van der Waals surface area contributed by atoms with Crippen LogP contribution < -0.4 is 5.32 Å². The lowest BCUT2D eigenvalue weighted by Gasteiger charge is -2.21. The Bertz CT molecular complexity index is 425. The molecule has 18 heavy (non-hydrogen) atoms. The van der Waals surface area contributed by atoms with E-state index >= 15 is 0 Å². The first kappa shape index (κ1) is 13.4. The van der Waals surface area contributed by atoms with Crippen molar-refractivity contribution in [1.29, 1.82) is 0 Å². The molecule has 1 amide bonds. The summed E-state index contributed by atoms with van der Waals surface area (Å²) in [5.74, 6) is 0.707. The van der Waals surface area contributed by atoms with E-state index in [-0.39, 0.29) is 5.91 Å². The maximum atomic E-state index is 12.0. The number of rotatable bonds is 3. The summed E-state index contributed by atoms with van der Waals surface area (Å²) in [5.41, 5.74) is 1.89. The van der Waals surface area contributed by atoms with Gasteiger partial charge in [-0.25, -0.2) is 0 Å². The second kappa shape index (κ2) is 6.24. The first-order valence-corrected chi connectivity index (χ1v) is 7.09. The molecule has 1 aromatic carbocycles. The summed E-state index contributed by atoms with van der Waals surface area (Å²) < 4.78 is 0. The van der Waals surface area contributed by atoms with Crippen LogP contribution in [-0.2, 0) is 4.79 Å². The molecule has 1 fully saturated rings. The molecule has 0 spiro atoms. The number of hydrogen-bond acceptors (Lipinski definition) is 1. The average Bonchev–Trinajstić information content (AvgIpc) is 2.34. The van der Waals surface area contributed by atoms with Crippen molar-refractivity contribution in [3.8, 4) is 0 Å². The van der Waals surface area contributed by atoms with Gasteiger partial charge in [0.25, 0.3) is 0 Å². The van der Waals surface area contributed by atoms with Crippen LogP contribution >= 0.6 is 11.6 Å². The summed E-state index contributed by atoms with van der Waals surface area (Å²) in [6.45, 7) is 1.96. The monoisotopic (exact) mass is 265 g/mol. The highest BCUT2D eigenvalue weighted by molar-refractivity contribution is 6.30. The van der Waals surface area contributed by atoms with E-state index in [9.17, 15) is 4.79 Å². The van der Waals surface area contributed by atoms with Gasteiger partial charge in [-0.3, -0.25) is 4.79 Å². The van der Waals surface area contributed by atoms with Crippen molar-refractivity contribution in [2.75, 3.05) is 5.32 Å². The Labute approximate surface area is 114 Å². The van der Waals surface area contributed by atoms with E-state index in [0.29, 0.717) is 17.4 Å². The molecule has 1 aromatic rings. The van der Waals surface area contributed by atoms with Crippen molar-refractivity contribution in [3.05, 3.63) is 28.8 Å². The molecular weight excluding hydrogens is 246 g/mol. The predicted octanol–water partition coefficient (Wildman–Crippen LogP) is 4.56. The Morgan fingerprint density at radius 2 is 2.06 bits per heavy atom. The second-order valence-corrected chi connectivity index (χ2v) is 5.65. The van der Waals surface area contributed by atoms with Crippen LogP contribution in [0, 0.1) is 12.8 Å². The number of hydrogen-bond donors (Lipinski definition) is 1. The highest BCUT2D eigenvalue weighted by Gasteiger charge is 2.17. The van der Waals surface area contributed by atoms with Crippen LogP contribution in [0.1, 0.15) is 44.1 Å². The van der Waals surface area contributed by atoms with Crippen LogP contribution in [0.5, 0.6) is 0 Å². The van der Waals surface area contributed by atoms with Gasteiger partial charge in [-0.15, -0.1) is 0 Å². The number of amides is 1. The Balaban J connectivity index is 1.90. The van der Waals surface area contributed by atoms with Crippen LogP contribution in [-0.4, -0.2) is 5.91 Å². The molecule has 0 radical (unpaired) electrons. The molecular formula is C15H20ClNO. The van der Waals surface area contributed by atoms with Crippen LogP contribution in [0.15, 0.2) is 18.2 Å². The molecule has 1 aliphatic rings. The maximum Gasteiger partial charge on any atom is 0.224 e. The molecule has 0 aromatic heterocycles. The van der Waals surface area contributed by atoms with Crippen molar-refractivity contribution in [3.63, 3.8) is 0 Å². The largest absolute Gasteiger partial charge is 0.326 e. The maximum absolute atomic E-state index is 12.0. The Kier molecular flexibility index (Phi) is 4.65. The summed E-state index contributed by atoms with van der Waals surface area (Å²) in [6, 6.07) is 5.55. The van der Waals surface area contributed by atoms with Gasteiger partial charge in [-0.2, -0.15) is 0 Å². The minimum atomic E-state index is 0.132. The zero-order valence-corrected chi connectivity index (χ0v) is 11.6. The number of benzene rings is 1. The molecule has 0 unspecified atom stereocenters. The molecule has 1 aliphatic carbocycles. The van der Waals surface area contributed by atoms with E-state index in [2.05, 4.69) is 5.32 Å². The highest BCUT2D eigenvalue weighted by atomic mass is 35.5. The van der Waals surface area contributed by atoms with E-state index in [1.807, 2.05) is 25.1 Å². The number of carbonyl (C=O) groups excluding carboxylic acids is 1. The summed E-state index contributed by atoms with van der Waals surface area (Å²) in [7, 11) is 0. The molecule has 0 aliphatic heterocycles. The Hall–Kier alpha value is -1.02. The molecule has 1 saturated carbocycles. The van der Waals surface area contributed by atoms with E-state index in [4.69, 9.17) is 11.6 Å². The third-order valence-electron chi connectivity index (χ3n) is 3.66. The fraction of sp³-hybridized carbons (Fsp3) is 0.533. The van der Waals surface area contributed by atoms with Crippen molar-refractivity contribution in [2.45, 2.75) is 45.4 Å². The standard InChI is InChI=1S/C15H20ClNO/c1-11-9-13(16)7-8-14(11)17-15(18)10-12-5-3-2-4-6-12/h7-9,12H,2-6,10H2,1H3,(H,17,18). The Morgan fingerprint density at radius 1 is 1.33 bits per heavy atom. The van der Waals surface area contributed by atoms with Gasteiger partial charge in [0.05, 0.1) is 0 Å². The fourth-order valence-corrected chi connectivity index (χ4v) is 2.85. The van der Waals surface area contributed by atoms with E-state index in [1.54, 1.807) is 0 Å². The number of halogens is 1. The second-order valence-electron chi connectivity index (χ2n) is 5.22. The molecule has 0 atom stereocenters. The van der Waals surface area contributed by atoms with Crippen LogP contribution in [0.3, 0.4) is 0 Å². The molecule has 1 N–H and O–H groups in total. The molecule has 3 heteroatoms. The third kappa shape index (κ3) is 3.74. The summed E-state index contributed by atoms with van der Waals surface area (Å²) >= 11 is 5.90. The van der Waals surface area contributed by atoms with Gasteiger partial charge < -0.3 is 5.32 Å². The number of carbonyl (C=O) groups is 1. The Morgan fingerprint density at radius 3 is 2.72 bits per heavy atom. The molecule has 98 valence electrons. The molecule has 0 heterocycles. The van der Waals surface area contributed by atoms with Crippen molar-refractivity contribution in [2.24, 2.45) is 5.92 Å². The average molecular weight is 266 g/mol. The lowest BCUT2D eigenvalue weighted by atomic mass is 9.87. The van der Waals surface area contributed by atoms with Crippen molar-refractivity contribution < 1.29 is 4.79 Å². The lowest BCUT2D eigenvalue weighted by Crippen LogP contribution is -2.18. The van der Waals surface area contributed by atoms with Gasteiger partial charge in [0.1, 0.15) is 0 Å². The SMILES string of the molecule is Cc1cc(Cl)ccc1NC(=O)CC1CCCCC1. The predicted molar refractivity (Wildman–Crippen MR) is 76.0 cm³/mol. The lowest BCUT2D eigenvalue weighted by molar-refractivity contribution is -0.117. The zero-order valence-electron chi connectivity index (χ0n) is 10.8. The van der Waals surface area contributed by atoms with Gasteiger partial charge in [0, 0.05) is 17.1 Å². The minimum Gasteiger partial charge on any atom is -0.326 e. The first-order valence-electron chi connectivity index (χ1n) is 6.71. The molecule has 2 rings (SSSR count). The van der Waals surface area contributed by atoms with Gasteiger partial charge in [0.2, 0.25) is 5.91 Å².